The predicted molar refractivity (Wildman–Crippen MR) is 67.9 cm³/mol. The van der Waals surface area contributed by atoms with Gasteiger partial charge in [-0.3, -0.25) is 0 Å². The van der Waals surface area contributed by atoms with Gasteiger partial charge in [0.15, 0.2) is 9.84 Å². The van der Waals surface area contributed by atoms with Crippen molar-refractivity contribution in [3.8, 4) is 0 Å². The molecule has 0 aromatic heterocycles. The largest absolute Gasteiger partial charge is 0.380 e. The van der Waals surface area contributed by atoms with E-state index in [0.717, 1.165) is 13.0 Å². The number of alkyl halides is 1. The Morgan fingerprint density at radius 2 is 1.94 bits per heavy atom. The van der Waals surface area contributed by atoms with Crippen molar-refractivity contribution >= 4 is 21.4 Å². The highest BCUT2D eigenvalue weighted by molar-refractivity contribution is 7.92. The molecule has 4 nitrogen and oxygen atoms in total. The van der Waals surface area contributed by atoms with E-state index in [9.17, 15) is 8.42 Å². The van der Waals surface area contributed by atoms with Crippen molar-refractivity contribution in [1.82, 2.24) is 5.32 Å². The third-order valence-electron chi connectivity index (χ3n) is 2.15. The second kappa shape index (κ2) is 9.22. The van der Waals surface area contributed by atoms with E-state index in [-0.39, 0.29) is 11.0 Å². The summed E-state index contributed by atoms with van der Waals surface area (Å²) in [4.78, 5) is 0. The third-order valence-corrected chi connectivity index (χ3v) is 4.51. The summed E-state index contributed by atoms with van der Waals surface area (Å²) < 4.78 is 28.0. The Balaban J connectivity index is 3.34. The zero-order valence-electron chi connectivity index (χ0n) is 10.0. The molecule has 0 heterocycles. The van der Waals surface area contributed by atoms with E-state index < -0.39 is 9.84 Å². The van der Waals surface area contributed by atoms with Crippen molar-refractivity contribution in [2.45, 2.75) is 25.5 Å². The molecule has 0 aliphatic rings. The molecule has 0 aliphatic carbocycles. The first-order valence-electron chi connectivity index (χ1n) is 5.56. The smallest absolute Gasteiger partial charge is 0.153 e. The Bertz CT molecular complexity index is 255. The summed E-state index contributed by atoms with van der Waals surface area (Å²) in [5.41, 5.74) is 0. The maximum atomic E-state index is 11.4. The molecule has 0 aromatic carbocycles. The maximum absolute atomic E-state index is 11.4. The van der Waals surface area contributed by atoms with Crippen LogP contribution in [0.25, 0.3) is 0 Å². The zero-order valence-corrected chi connectivity index (χ0v) is 11.6. The number of hydrogen-bond donors (Lipinski definition) is 1. The lowest BCUT2D eigenvalue weighted by atomic mass is 10.4. The highest BCUT2D eigenvalue weighted by Gasteiger charge is 2.14. The molecule has 1 N–H and O–H groups in total. The number of halogens is 1. The molecule has 0 aromatic rings. The number of hydrogen-bond acceptors (Lipinski definition) is 4. The normalized spacial score (nSPS) is 12.2. The van der Waals surface area contributed by atoms with Crippen LogP contribution in [0.4, 0.5) is 0 Å². The molecule has 0 unspecified atom stereocenters. The number of ether oxygens (including phenoxy) is 1. The van der Waals surface area contributed by atoms with Crippen LogP contribution >= 0.6 is 11.6 Å². The summed E-state index contributed by atoms with van der Waals surface area (Å²) in [6.45, 7) is 5.93. The Hall–Kier alpha value is 0.160. The molecule has 0 rings (SSSR count). The minimum Gasteiger partial charge on any atom is -0.380 e. The van der Waals surface area contributed by atoms with Crippen LogP contribution in [-0.2, 0) is 14.6 Å². The van der Waals surface area contributed by atoms with E-state index >= 15 is 0 Å². The molecule has 0 radical (unpaired) electrons. The first-order chi connectivity index (χ1) is 7.50. The standard InChI is InChI=1S/C10H22ClNO3S/c1-10(2)16(13,14)9-6-12-5-3-7-15-8-4-11/h10,12H,3-9H2,1-2H3. The van der Waals surface area contributed by atoms with Crippen LogP contribution in [0.1, 0.15) is 20.3 Å². The van der Waals surface area contributed by atoms with Gasteiger partial charge in [-0.05, 0) is 26.8 Å². The SMILES string of the molecule is CC(C)S(=O)(=O)CCNCCCOCCCl. The molecule has 6 heteroatoms. The Morgan fingerprint density at radius 3 is 2.50 bits per heavy atom. The van der Waals surface area contributed by atoms with Gasteiger partial charge in [-0.1, -0.05) is 0 Å². The summed E-state index contributed by atoms with van der Waals surface area (Å²) in [5, 5.41) is 2.79. The van der Waals surface area contributed by atoms with E-state index in [1.165, 1.54) is 0 Å². The highest BCUT2D eigenvalue weighted by Crippen LogP contribution is 1.98. The fraction of sp³-hybridized carbons (Fsp3) is 1.00. The zero-order chi connectivity index (χ0) is 12.4. The Morgan fingerprint density at radius 1 is 1.25 bits per heavy atom. The summed E-state index contributed by atoms with van der Waals surface area (Å²) in [7, 11) is -2.91. The molecule has 0 saturated heterocycles. The highest BCUT2D eigenvalue weighted by atomic mass is 35.5. The molecule has 0 amide bonds. The fourth-order valence-corrected chi connectivity index (χ4v) is 2.04. The molecule has 0 spiro atoms. The van der Waals surface area contributed by atoms with Gasteiger partial charge in [0.25, 0.3) is 0 Å². The average molecular weight is 272 g/mol. The third kappa shape index (κ3) is 8.33. The van der Waals surface area contributed by atoms with Crippen molar-refractivity contribution in [1.29, 1.82) is 0 Å². The minimum absolute atomic E-state index is 0.202. The van der Waals surface area contributed by atoms with Gasteiger partial charge >= 0.3 is 0 Å². The van der Waals surface area contributed by atoms with Crippen LogP contribution in [0.3, 0.4) is 0 Å². The first-order valence-corrected chi connectivity index (χ1v) is 7.81. The van der Waals surface area contributed by atoms with E-state index in [4.69, 9.17) is 16.3 Å². The Kier molecular flexibility index (Phi) is 9.31. The molecule has 16 heavy (non-hydrogen) atoms. The second-order valence-corrected chi connectivity index (χ2v) is 6.88. The molecule has 0 saturated carbocycles. The lowest BCUT2D eigenvalue weighted by molar-refractivity contribution is 0.146. The van der Waals surface area contributed by atoms with Crippen LogP contribution < -0.4 is 5.32 Å². The van der Waals surface area contributed by atoms with E-state index in [1.54, 1.807) is 13.8 Å². The predicted octanol–water partition coefficient (Wildman–Crippen LogP) is 1.04. The van der Waals surface area contributed by atoms with Crippen molar-refractivity contribution < 1.29 is 13.2 Å². The lowest BCUT2D eigenvalue weighted by Crippen LogP contribution is -2.28. The fourth-order valence-electron chi connectivity index (χ4n) is 1.03. The molecule has 98 valence electrons. The summed E-state index contributed by atoms with van der Waals surface area (Å²) in [6.07, 6.45) is 0.874. The van der Waals surface area contributed by atoms with Crippen molar-refractivity contribution in [3.63, 3.8) is 0 Å². The van der Waals surface area contributed by atoms with Gasteiger partial charge in [0.1, 0.15) is 0 Å². The first kappa shape index (κ1) is 16.2. The summed E-state index contributed by atoms with van der Waals surface area (Å²) in [6, 6.07) is 0. The summed E-state index contributed by atoms with van der Waals surface area (Å²) in [5.74, 6) is 0.716. The van der Waals surface area contributed by atoms with Gasteiger partial charge in [0, 0.05) is 19.0 Å². The van der Waals surface area contributed by atoms with Gasteiger partial charge in [0.05, 0.1) is 17.6 Å². The van der Waals surface area contributed by atoms with Gasteiger partial charge in [-0.15, -0.1) is 11.6 Å². The average Bonchev–Trinajstić information content (AvgIpc) is 2.21. The van der Waals surface area contributed by atoms with E-state index in [1.807, 2.05) is 0 Å². The molecule has 0 aliphatic heterocycles. The van der Waals surface area contributed by atoms with Gasteiger partial charge in [0.2, 0.25) is 0 Å². The van der Waals surface area contributed by atoms with E-state index in [0.29, 0.717) is 25.6 Å². The van der Waals surface area contributed by atoms with Gasteiger partial charge < -0.3 is 10.1 Å². The topological polar surface area (TPSA) is 55.4 Å². The minimum atomic E-state index is -2.91. The van der Waals surface area contributed by atoms with Crippen LogP contribution in [0.2, 0.25) is 0 Å². The molecule has 0 bridgehead atoms. The van der Waals surface area contributed by atoms with Crippen LogP contribution in [-0.4, -0.2) is 51.6 Å². The van der Waals surface area contributed by atoms with Crippen LogP contribution in [0.5, 0.6) is 0 Å². The van der Waals surface area contributed by atoms with E-state index in [2.05, 4.69) is 5.32 Å². The monoisotopic (exact) mass is 271 g/mol. The lowest BCUT2D eigenvalue weighted by Gasteiger charge is -2.08. The summed E-state index contributed by atoms with van der Waals surface area (Å²) >= 11 is 5.44. The second-order valence-electron chi connectivity index (χ2n) is 3.82. The molecule has 0 atom stereocenters. The van der Waals surface area contributed by atoms with Crippen LogP contribution in [0.15, 0.2) is 0 Å². The van der Waals surface area contributed by atoms with Crippen molar-refractivity contribution in [2.75, 3.05) is 37.9 Å². The Labute approximate surface area is 104 Å². The van der Waals surface area contributed by atoms with Crippen LogP contribution in [0, 0.1) is 0 Å². The van der Waals surface area contributed by atoms with Gasteiger partial charge in [-0.2, -0.15) is 0 Å². The van der Waals surface area contributed by atoms with Crippen molar-refractivity contribution in [3.05, 3.63) is 0 Å². The van der Waals surface area contributed by atoms with Crippen molar-refractivity contribution in [2.24, 2.45) is 0 Å². The number of rotatable bonds is 10. The number of nitrogens with one attached hydrogen (secondary N) is 1. The van der Waals surface area contributed by atoms with Gasteiger partial charge in [-0.25, -0.2) is 8.42 Å². The molecular formula is C10H22ClNO3S. The quantitative estimate of drug-likeness (QED) is 0.477. The molecular weight excluding hydrogens is 250 g/mol. The maximum Gasteiger partial charge on any atom is 0.153 e. The molecule has 0 fully saturated rings. The number of sulfone groups is 1.